The molecule has 0 spiro atoms. The van der Waals surface area contributed by atoms with E-state index < -0.39 is 5.91 Å². The lowest BCUT2D eigenvalue weighted by Crippen LogP contribution is -2.13. The summed E-state index contributed by atoms with van der Waals surface area (Å²) >= 11 is 7.61. The van der Waals surface area contributed by atoms with Gasteiger partial charge in [-0.25, -0.2) is 0 Å². The normalized spacial score (nSPS) is 11.2. The van der Waals surface area contributed by atoms with Crippen LogP contribution in [-0.4, -0.2) is 34.9 Å². The summed E-state index contributed by atoms with van der Waals surface area (Å²) in [6, 6.07) is 8.89. The Balaban J connectivity index is 1.88. The number of hydrogen-bond acceptors (Lipinski definition) is 7. The number of benzene rings is 1. The Kier molecular flexibility index (Phi) is 7.87. The van der Waals surface area contributed by atoms with Gasteiger partial charge in [0, 0.05) is 24.4 Å². The zero-order valence-electron chi connectivity index (χ0n) is 17.9. The third kappa shape index (κ3) is 5.28. The van der Waals surface area contributed by atoms with Crippen LogP contribution in [-0.2, 0) is 11.2 Å². The number of carbonyl (C=O) groups is 1. The summed E-state index contributed by atoms with van der Waals surface area (Å²) in [5.74, 6) is 0.440. The highest BCUT2D eigenvalue weighted by Crippen LogP contribution is 2.35. The van der Waals surface area contributed by atoms with Crippen LogP contribution in [0, 0.1) is 11.3 Å². The predicted molar refractivity (Wildman–Crippen MR) is 125 cm³/mol. The molecular formula is C22H22ClN5O3S. The number of nitrogens with one attached hydrogen (secondary N) is 1. The summed E-state index contributed by atoms with van der Waals surface area (Å²) in [6.45, 7) is 2.10. The Hall–Kier alpha value is -3.35. The molecule has 32 heavy (non-hydrogen) atoms. The van der Waals surface area contributed by atoms with E-state index in [9.17, 15) is 10.1 Å². The van der Waals surface area contributed by atoms with E-state index in [-0.39, 0.29) is 5.57 Å². The first-order valence-electron chi connectivity index (χ1n) is 9.85. The molecule has 10 heteroatoms. The van der Waals surface area contributed by atoms with E-state index in [0.29, 0.717) is 33.0 Å². The van der Waals surface area contributed by atoms with Gasteiger partial charge < -0.3 is 14.0 Å². The Morgan fingerprint density at radius 2 is 2.09 bits per heavy atom. The van der Waals surface area contributed by atoms with Crippen molar-refractivity contribution in [1.82, 2.24) is 14.8 Å². The van der Waals surface area contributed by atoms with Crippen molar-refractivity contribution in [2.24, 2.45) is 0 Å². The van der Waals surface area contributed by atoms with E-state index in [1.165, 1.54) is 31.6 Å². The Bertz CT molecular complexity index is 1180. The molecule has 3 rings (SSSR count). The first-order chi connectivity index (χ1) is 15.5. The quantitative estimate of drug-likeness (QED) is 0.352. The number of aromatic nitrogens is 3. The Labute approximate surface area is 195 Å². The Morgan fingerprint density at radius 1 is 1.31 bits per heavy atom. The summed E-state index contributed by atoms with van der Waals surface area (Å²) in [7, 11) is 3.06. The second kappa shape index (κ2) is 10.8. The van der Waals surface area contributed by atoms with Gasteiger partial charge in [0.2, 0.25) is 5.13 Å². The van der Waals surface area contributed by atoms with Gasteiger partial charge in [0.1, 0.15) is 28.1 Å². The highest BCUT2D eigenvalue weighted by Gasteiger charge is 2.16. The third-order valence-electron chi connectivity index (χ3n) is 4.58. The lowest BCUT2D eigenvalue weighted by Gasteiger charge is -2.14. The van der Waals surface area contributed by atoms with Crippen LogP contribution in [0.2, 0.25) is 5.02 Å². The van der Waals surface area contributed by atoms with Crippen molar-refractivity contribution in [3.8, 4) is 23.3 Å². The molecule has 0 bridgehead atoms. The van der Waals surface area contributed by atoms with E-state index in [4.69, 9.17) is 21.1 Å². The minimum absolute atomic E-state index is 0.0752. The SMILES string of the molecule is CCCCc1nnc(NC(=O)/C(C#N)=C\c2cccn2-c2cc(Cl)c(OC)cc2OC)s1. The molecule has 0 aliphatic heterocycles. The van der Waals surface area contributed by atoms with E-state index in [2.05, 4.69) is 22.4 Å². The summed E-state index contributed by atoms with van der Waals surface area (Å²) in [5, 5.41) is 21.9. The average molecular weight is 472 g/mol. The monoisotopic (exact) mass is 471 g/mol. The fourth-order valence-corrected chi connectivity index (χ4v) is 3.97. The zero-order chi connectivity index (χ0) is 23.1. The van der Waals surface area contributed by atoms with Crippen LogP contribution in [0.4, 0.5) is 5.13 Å². The molecule has 0 atom stereocenters. The molecule has 0 radical (unpaired) electrons. The second-order valence-electron chi connectivity index (χ2n) is 6.69. The van der Waals surface area contributed by atoms with Crippen LogP contribution < -0.4 is 14.8 Å². The number of methoxy groups -OCH3 is 2. The van der Waals surface area contributed by atoms with E-state index in [0.717, 1.165) is 24.3 Å². The largest absolute Gasteiger partial charge is 0.495 e. The maximum absolute atomic E-state index is 12.7. The van der Waals surface area contributed by atoms with Gasteiger partial charge in [0.25, 0.3) is 5.91 Å². The predicted octanol–water partition coefficient (Wildman–Crippen LogP) is 4.89. The Morgan fingerprint density at radius 3 is 2.78 bits per heavy atom. The van der Waals surface area contributed by atoms with Gasteiger partial charge in [0.15, 0.2) is 0 Å². The fourth-order valence-electron chi connectivity index (χ4n) is 2.96. The van der Waals surface area contributed by atoms with Gasteiger partial charge in [-0.1, -0.05) is 36.3 Å². The van der Waals surface area contributed by atoms with Crippen LogP contribution in [0.15, 0.2) is 36.0 Å². The van der Waals surface area contributed by atoms with Crippen molar-refractivity contribution in [1.29, 1.82) is 5.26 Å². The first kappa shape index (κ1) is 23.3. The molecule has 0 aliphatic rings. The number of rotatable bonds is 9. The number of nitriles is 1. The summed E-state index contributed by atoms with van der Waals surface area (Å²) in [6.07, 6.45) is 6.13. The van der Waals surface area contributed by atoms with Crippen LogP contribution >= 0.6 is 22.9 Å². The number of anilines is 1. The molecule has 1 amide bonds. The van der Waals surface area contributed by atoms with Crippen molar-refractivity contribution in [2.45, 2.75) is 26.2 Å². The number of aryl methyl sites for hydroxylation is 1. The standard InChI is InChI=1S/C22H22ClN5O3S/c1-4-5-8-20-26-27-22(32-20)25-21(29)14(13-24)10-15-7-6-9-28(15)17-11-16(23)18(30-2)12-19(17)31-3/h6-7,9-12H,4-5,8H2,1-3H3,(H,25,27,29)/b14-10-. The molecule has 0 unspecified atom stereocenters. The van der Waals surface area contributed by atoms with Crippen LogP contribution in [0.3, 0.4) is 0 Å². The molecular weight excluding hydrogens is 450 g/mol. The van der Waals surface area contributed by atoms with Crippen LogP contribution in [0.5, 0.6) is 11.5 Å². The molecule has 1 aromatic carbocycles. The summed E-state index contributed by atoms with van der Waals surface area (Å²) in [4.78, 5) is 12.7. The van der Waals surface area contributed by atoms with Gasteiger partial charge in [-0.15, -0.1) is 10.2 Å². The minimum atomic E-state index is -0.557. The highest BCUT2D eigenvalue weighted by atomic mass is 35.5. The lowest BCUT2D eigenvalue weighted by molar-refractivity contribution is -0.112. The summed E-state index contributed by atoms with van der Waals surface area (Å²) in [5.41, 5.74) is 1.16. The molecule has 0 fully saturated rings. The number of ether oxygens (including phenoxy) is 2. The molecule has 3 aromatic rings. The molecule has 0 aliphatic carbocycles. The molecule has 0 saturated heterocycles. The smallest absolute Gasteiger partial charge is 0.268 e. The van der Waals surface area contributed by atoms with Crippen LogP contribution in [0.1, 0.15) is 30.5 Å². The maximum Gasteiger partial charge on any atom is 0.268 e. The summed E-state index contributed by atoms with van der Waals surface area (Å²) < 4.78 is 12.5. The molecule has 8 nitrogen and oxygen atoms in total. The van der Waals surface area contributed by atoms with Crippen molar-refractivity contribution in [3.63, 3.8) is 0 Å². The molecule has 166 valence electrons. The number of amides is 1. The first-order valence-corrected chi connectivity index (χ1v) is 11.0. The molecule has 0 saturated carbocycles. The van der Waals surface area contributed by atoms with Crippen molar-refractivity contribution >= 4 is 40.1 Å². The van der Waals surface area contributed by atoms with Crippen molar-refractivity contribution in [3.05, 3.63) is 51.8 Å². The fraction of sp³-hybridized carbons (Fsp3) is 0.273. The lowest BCUT2D eigenvalue weighted by atomic mass is 10.2. The van der Waals surface area contributed by atoms with Crippen molar-refractivity contribution in [2.75, 3.05) is 19.5 Å². The number of hydrogen-bond donors (Lipinski definition) is 1. The van der Waals surface area contributed by atoms with Gasteiger partial charge in [-0.2, -0.15) is 5.26 Å². The zero-order valence-corrected chi connectivity index (χ0v) is 19.5. The van der Waals surface area contributed by atoms with E-state index in [1.54, 1.807) is 35.0 Å². The molecule has 1 N–H and O–H groups in total. The number of carbonyl (C=O) groups excluding carboxylic acids is 1. The van der Waals surface area contributed by atoms with E-state index >= 15 is 0 Å². The molecule has 2 aromatic heterocycles. The van der Waals surface area contributed by atoms with Crippen LogP contribution in [0.25, 0.3) is 11.8 Å². The van der Waals surface area contributed by atoms with Crippen molar-refractivity contribution < 1.29 is 14.3 Å². The second-order valence-corrected chi connectivity index (χ2v) is 8.16. The topological polar surface area (TPSA) is 102 Å². The number of unbranched alkanes of at least 4 members (excludes halogenated alkanes) is 1. The van der Waals surface area contributed by atoms with E-state index in [1.807, 2.05) is 6.07 Å². The van der Waals surface area contributed by atoms with Gasteiger partial charge >= 0.3 is 0 Å². The number of halogens is 1. The van der Waals surface area contributed by atoms with Gasteiger partial charge in [0.05, 0.1) is 24.9 Å². The maximum atomic E-state index is 12.7. The number of nitrogens with zero attached hydrogens (tertiary/aromatic N) is 4. The highest BCUT2D eigenvalue weighted by molar-refractivity contribution is 7.15. The average Bonchev–Trinajstić information content (AvgIpc) is 3.44. The third-order valence-corrected chi connectivity index (χ3v) is 5.78. The van der Waals surface area contributed by atoms with Gasteiger partial charge in [-0.3, -0.25) is 10.1 Å². The molecule has 2 heterocycles. The van der Waals surface area contributed by atoms with Gasteiger partial charge in [-0.05, 0) is 30.7 Å². The minimum Gasteiger partial charge on any atom is -0.495 e.